The molecular weight excluding hydrogens is 364 g/mol. The first-order chi connectivity index (χ1) is 14.1. The number of benzene rings is 1. The molecule has 146 valence electrons. The van der Waals surface area contributed by atoms with Crippen molar-refractivity contribution < 1.29 is 4.79 Å². The van der Waals surface area contributed by atoms with Crippen LogP contribution in [0.25, 0.3) is 11.3 Å². The number of nitrogens with two attached hydrogens (primary N) is 1. The van der Waals surface area contributed by atoms with Crippen LogP contribution in [0.2, 0.25) is 0 Å². The van der Waals surface area contributed by atoms with Crippen molar-refractivity contribution in [2.45, 2.75) is 38.8 Å². The van der Waals surface area contributed by atoms with Crippen LogP contribution in [0.15, 0.2) is 42.6 Å². The van der Waals surface area contributed by atoms with Gasteiger partial charge >= 0.3 is 6.03 Å². The summed E-state index contributed by atoms with van der Waals surface area (Å²) >= 11 is 0. The number of carbonyl (C=O) groups excluding carboxylic acids is 1. The van der Waals surface area contributed by atoms with Crippen molar-refractivity contribution in [3.8, 4) is 11.3 Å². The summed E-state index contributed by atoms with van der Waals surface area (Å²) in [6, 6.07) is 11.9. The van der Waals surface area contributed by atoms with E-state index in [1.54, 1.807) is 17.2 Å². The number of rotatable bonds is 3. The van der Waals surface area contributed by atoms with Crippen LogP contribution in [0, 0.1) is 6.92 Å². The summed E-state index contributed by atoms with van der Waals surface area (Å²) in [7, 11) is 0. The predicted octanol–water partition coefficient (Wildman–Crippen LogP) is 3.85. The number of urea groups is 1. The maximum Gasteiger partial charge on any atom is 0.323 e. The van der Waals surface area contributed by atoms with Crippen LogP contribution in [0.1, 0.15) is 41.4 Å². The smallest absolute Gasteiger partial charge is 0.323 e. The molecule has 0 radical (unpaired) electrons. The predicted molar refractivity (Wildman–Crippen MR) is 111 cm³/mol. The number of hydrogen-bond acceptors (Lipinski definition) is 5. The Bertz CT molecular complexity index is 1090. The van der Waals surface area contributed by atoms with Crippen molar-refractivity contribution >= 4 is 17.5 Å². The van der Waals surface area contributed by atoms with Gasteiger partial charge in [-0.05, 0) is 43.4 Å². The molecule has 0 atom stereocenters. The topological polar surface area (TPSA) is 97.0 Å². The largest absolute Gasteiger partial charge is 0.396 e. The molecule has 3 heterocycles. The number of aryl methyl sites for hydroxylation is 1. The van der Waals surface area contributed by atoms with Crippen molar-refractivity contribution in [2.75, 3.05) is 11.1 Å². The lowest BCUT2D eigenvalue weighted by Gasteiger charge is -2.17. The molecule has 2 aliphatic rings. The summed E-state index contributed by atoms with van der Waals surface area (Å²) in [6.07, 6.45) is 4.34. The van der Waals surface area contributed by atoms with Crippen molar-refractivity contribution in [1.29, 1.82) is 0 Å². The number of hydrogen-bond donors (Lipinski definition) is 2. The molecule has 7 heteroatoms. The first-order valence-corrected chi connectivity index (χ1v) is 9.81. The number of fused-ring (bicyclic) bond motifs is 1. The summed E-state index contributed by atoms with van der Waals surface area (Å²) in [5, 5.41) is 2.85. The van der Waals surface area contributed by atoms with Gasteiger partial charge in [0.05, 0.1) is 30.2 Å². The maximum atomic E-state index is 12.8. The van der Waals surface area contributed by atoms with E-state index in [1.807, 2.05) is 13.0 Å². The normalized spacial score (nSPS) is 15.3. The second-order valence-electron chi connectivity index (χ2n) is 7.71. The molecule has 1 fully saturated rings. The second-order valence-corrected chi connectivity index (χ2v) is 7.71. The lowest BCUT2D eigenvalue weighted by Crippen LogP contribution is -2.31. The highest BCUT2D eigenvalue weighted by molar-refractivity contribution is 5.92. The number of aromatic nitrogens is 3. The molecule has 7 nitrogen and oxygen atoms in total. The summed E-state index contributed by atoms with van der Waals surface area (Å²) < 4.78 is 0. The van der Waals surface area contributed by atoms with Crippen LogP contribution < -0.4 is 11.1 Å². The molecular formula is C22H22N6O. The zero-order valence-electron chi connectivity index (χ0n) is 16.2. The molecule has 1 saturated carbocycles. The third-order valence-corrected chi connectivity index (χ3v) is 5.47. The number of nitrogen functional groups attached to an aromatic ring is 1. The minimum atomic E-state index is -0.249. The molecule has 1 aliphatic heterocycles. The van der Waals surface area contributed by atoms with Crippen LogP contribution in [-0.2, 0) is 13.1 Å². The van der Waals surface area contributed by atoms with Gasteiger partial charge in [-0.2, -0.15) is 0 Å². The molecule has 0 unspecified atom stereocenters. The lowest BCUT2D eigenvalue weighted by atomic mass is 10.1. The van der Waals surface area contributed by atoms with E-state index in [1.165, 1.54) is 18.4 Å². The highest BCUT2D eigenvalue weighted by Crippen LogP contribution is 2.40. The van der Waals surface area contributed by atoms with E-state index >= 15 is 0 Å². The third kappa shape index (κ3) is 3.51. The summed E-state index contributed by atoms with van der Waals surface area (Å²) in [6.45, 7) is 2.77. The number of carbonyl (C=O) groups is 1. The van der Waals surface area contributed by atoms with E-state index in [4.69, 9.17) is 5.73 Å². The molecule has 29 heavy (non-hydrogen) atoms. The van der Waals surface area contributed by atoms with Gasteiger partial charge in [-0.25, -0.2) is 19.7 Å². The Morgan fingerprint density at radius 3 is 2.66 bits per heavy atom. The van der Waals surface area contributed by atoms with Gasteiger partial charge in [0.1, 0.15) is 5.82 Å². The quantitative estimate of drug-likeness (QED) is 0.712. The second kappa shape index (κ2) is 6.84. The van der Waals surface area contributed by atoms with Gasteiger partial charge in [-0.1, -0.05) is 24.3 Å². The Morgan fingerprint density at radius 1 is 1.10 bits per heavy atom. The minimum absolute atomic E-state index is 0.249. The Balaban J connectivity index is 1.33. The fourth-order valence-electron chi connectivity index (χ4n) is 3.65. The first kappa shape index (κ1) is 17.6. The lowest BCUT2D eigenvalue weighted by molar-refractivity contribution is 0.212. The zero-order chi connectivity index (χ0) is 20.0. The molecule has 0 spiro atoms. The molecule has 2 amide bonds. The Morgan fingerprint density at radius 2 is 1.90 bits per heavy atom. The first-order valence-electron chi connectivity index (χ1n) is 9.81. The van der Waals surface area contributed by atoms with E-state index in [2.05, 4.69) is 44.5 Å². The SMILES string of the molecule is Cc1ncc2c(n1)CN(C(=O)Nc1nc(-c3ccc(C4CC4)cc3)ccc1N)C2. The monoisotopic (exact) mass is 386 g/mol. The van der Waals surface area contributed by atoms with Gasteiger partial charge in [0.15, 0.2) is 5.82 Å². The summed E-state index contributed by atoms with van der Waals surface area (Å²) in [5.41, 5.74) is 11.5. The third-order valence-electron chi connectivity index (χ3n) is 5.47. The molecule has 1 aromatic carbocycles. The zero-order valence-corrected chi connectivity index (χ0v) is 16.2. The van der Waals surface area contributed by atoms with Crippen molar-refractivity contribution in [1.82, 2.24) is 19.9 Å². The minimum Gasteiger partial charge on any atom is -0.396 e. The van der Waals surface area contributed by atoms with Crippen LogP contribution in [0.4, 0.5) is 16.3 Å². The number of nitrogens with one attached hydrogen (secondary N) is 1. The standard InChI is InChI=1S/C22H22N6O/c1-13-24-10-17-11-28(12-20(17)25-13)22(29)27-21-18(23)8-9-19(26-21)16-6-4-15(5-7-16)14-2-3-14/h4-10,14H,2-3,11-12,23H2,1H3,(H,26,27,29). The highest BCUT2D eigenvalue weighted by Gasteiger charge is 2.26. The molecule has 5 rings (SSSR count). The van der Waals surface area contributed by atoms with Gasteiger partial charge in [0, 0.05) is 17.3 Å². The van der Waals surface area contributed by atoms with E-state index in [0.29, 0.717) is 30.4 Å². The number of nitrogens with zero attached hydrogens (tertiary/aromatic N) is 4. The van der Waals surface area contributed by atoms with Crippen molar-refractivity contribution in [3.63, 3.8) is 0 Å². The molecule has 3 aromatic rings. The Labute approximate surface area is 169 Å². The average Bonchev–Trinajstić information content (AvgIpc) is 3.49. The number of anilines is 2. The molecule has 1 aliphatic carbocycles. The van der Waals surface area contributed by atoms with Gasteiger partial charge in [-0.3, -0.25) is 5.32 Å². The summed E-state index contributed by atoms with van der Waals surface area (Å²) in [5.74, 6) is 1.80. The van der Waals surface area contributed by atoms with Crippen molar-refractivity contribution in [3.05, 3.63) is 65.2 Å². The van der Waals surface area contributed by atoms with Crippen LogP contribution >= 0.6 is 0 Å². The van der Waals surface area contributed by atoms with Gasteiger partial charge in [-0.15, -0.1) is 0 Å². The fraction of sp³-hybridized carbons (Fsp3) is 0.273. The van der Waals surface area contributed by atoms with Crippen LogP contribution in [-0.4, -0.2) is 25.9 Å². The van der Waals surface area contributed by atoms with Gasteiger partial charge in [0.2, 0.25) is 0 Å². The molecule has 0 saturated heterocycles. The Hall–Kier alpha value is -3.48. The van der Waals surface area contributed by atoms with Gasteiger partial charge < -0.3 is 10.6 Å². The number of amides is 2. The average molecular weight is 386 g/mol. The van der Waals surface area contributed by atoms with E-state index in [-0.39, 0.29) is 6.03 Å². The Kier molecular flexibility index (Phi) is 4.16. The highest BCUT2D eigenvalue weighted by atomic mass is 16.2. The molecule has 0 bridgehead atoms. The molecule has 3 N–H and O–H groups in total. The van der Waals surface area contributed by atoms with Gasteiger partial charge in [0.25, 0.3) is 0 Å². The fourth-order valence-corrected chi connectivity index (χ4v) is 3.65. The van der Waals surface area contributed by atoms with E-state index in [0.717, 1.165) is 28.4 Å². The van der Waals surface area contributed by atoms with E-state index in [9.17, 15) is 4.79 Å². The van der Waals surface area contributed by atoms with Crippen molar-refractivity contribution in [2.24, 2.45) is 0 Å². The number of pyridine rings is 1. The van der Waals surface area contributed by atoms with Crippen LogP contribution in [0.5, 0.6) is 0 Å². The van der Waals surface area contributed by atoms with E-state index < -0.39 is 0 Å². The molecule has 2 aromatic heterocycles. The van der Waals surface area contributed by atoms with Crippen LogP contribution in [0.3, 0.4) is 0 Å². The maximum absolute atomic E-state index is 12.8. The summed E-state index contributed by atoms with van der Waals surface area (Å²) in [4.78, 5) is 27.7.